The van der Waals surface area contributed by atoms with E-state index in [-0.39, 0.29) is 5.56 Å². The van der Waals surface area contributed by atoms with Gasteiger partial charge < -0.3 is 0 Å². The van der Waals surface area contributed by atoms with Crippen molar-refractivity contribution in [2.45, 2.75) is 31.7 Å². The van der Waals surface area contributed by atoms with Crippen LogP contribution in [0.2, 0.25) is 0 Å². The van der Waals surface area contributed by atoms with Crippen molar-refractivity contribution in [2.24, 2.45) is 0 Å². The third-order valence-corrected chi connectivity index (χ3v) is 3.36. The van der Waals surface area contributed by atoms with E-state index in [0.717, 1.165) is 25.9 Å². The minimum Gasteiger partial charge on any atom is -0.284 e. The molecule has 0 bridgehead atoms. The van der Waals surface area contributed by atoms with Gasteiger partial charge in [0.1, 0.15) is 6.04 Å². The minimum absolute atomic E-state index is 0.00948. The Balaban J connectivity index is 2.21. The van der Waals surface area contributed by atoms with E-state index >= 15 is 0 Å². The number of alkyl halides is 2. The lowest BCUT2D eigenvalue weighted by Gasteiger charge is -2.30. The van der Waals surface area contributed by atoms with Crippen molar-refractivity contribution < 1.29 is 8.78 Å². The minimum atomic E-state index is -2.48. The van der Waals surface area contributed by atoms with Gasteiger partial charge in [-0.15, -0.1) is 0 Å². The Bertz CT molecular complexity index is 434. The van der Waals surface area contributed by atoms with Crippen LogP contribution in [0.5, 0.6) is 0 Å². The summed E-state index contributed by atoms with van der Waals surface area (Å²) in [5.74, 6) is 0. The van der Waals surface area contributed by atoms with Crippen LogP contribution in [0.4, 0.5) is 8.78 Å². The largest absolute Gasteiger partial charge is 0.284 e. The van der Waals surface area contributed by atoms with Crippen LogP contribution < -0.4 is 0 Å². The number of likely N-dealkylation sites (tertiary alicyclic amines) is 1. The summed E-state index contributed by atoms with van der Waals surface area (Å²) in [6, 6.07) is 8.05. The zero-order valence-corrected chi connectivity index (χ0v) is 10.1. The van der Waals surface area contributed by atoms with Crippen LogP contribution >= 0.6 is 0 Å². The second-order valence-corrected chi connectivity index (χ2v) is 4.60. The van der Waals surface area contributed by atoms with Gasteiger partial charge >= 0.3 is 0 Å². The molecule has 1 aromatic carbocycles. The summed E-state index contributed by atoms with van der Waals surface area (Å²) in [6.45, 7) is 1.74. The van der Waals surface area contributed by atoms with Crippen LogP contribution in [0, 0.1) is 11.3 Å². The van der Waals surface area contributed by atoms with Crippen molar-refractivity contribution in [1.29, 1.82) is 5.26 Å². The average molecular weight is 250 g/mol. The molecular weight excluding hydrogens is 234 g/mol. The molecule has 0 N–H and O–H groups in total. The van der Waals surface area contributed by atoms with Crippen LogP contribution in [-0.4, -0.2) is 18.0 Å². The van der Waals surface area contributed by atoms with E-state index in [2.05, 4.69) is 11.0 Å². The summed E-state index contributed by atoms with van der Waals surface area (Å²) in [5, 5.41) is 9.28. The van der Waals surface area contributed by atoms with Crippen molar-refractivity contribution in [3.8, 4) is 6.07 Å². The molecule has 0 amide bonds. The maximum absolute atomic E-state index is 12.7. The molecule has 18 heavy (non-hydrogen) atoms. The second-order valence-electron chi connectivity index (χ2n) is 4.60. The third-order valence-electron chi connectivity index (χ3n) is 3.36. The molecule has 1 aliphatic rings. The van der Waals surface area contributed by atoms with Crippen molar-refractivity contribution in [1.82, 2.24) is 4.90 Å². The summed E-state index contributed by atoms with van der Waals surface area (Å²) in [7, 11) is 0. The molecule has 96 valence electrons. The van der Waals surface area contributed by atoms with Gasteiger partial charge in [0, 0.05) is 5.56 Å². The number of nitrogens with zero attached hydrogens (tertiary/aromatic N) is 2. The molecule has 0 aromatic heterocycles. The van der Waals surface area contributed by atoms with Gasteiger partial charge in [-0.05, 0) is 37.6 Å². The van der Waals surface area contributed by atoms with Gasteiger partial charge in [-0.3, -0.25) is 4.90 Å². The van der Waals surface area contributed by atoms with Gasteiger partial charge in [-0.1, -0.05) is 24.6 Å². The van der Waals surface area contributed by atoms with E-state index in [4.69, 9.17) is 0 Å². The van der Waals surface area contributed by atoms with Crippen LogP contribution in [0.15, 0.2) is 24.3 Å². The zero-order chi connectivity index (χ0) is 13.0. The van der Waals surface area contributed by atoms with Crippen molar-refractivity contribution >= 4 is 0 Å². The molecule has 0 spiro atoms. The number of rotatable bonds is 3. The number of halogens is 2. The molecule has 2 nitrogen and oxygen atoms in total. The molecule has 1 unspecified atom stereocenters. The number of nitriles is 1. The van der Waals surface area contributed by atoms with Crippen molar-refractivity contribution in [2.75, 3.05) is 13.1 Å². The van der Waals surface area contributed by atoms with Crippen LogP contribution in [0.1, 0.15) is 42.9 Å². The Morgan fingerprint density at radius 3 is 2.39 bits per heavy atom. The summed E-state index contributed by atoms with van der Waals surface area (Å²) < 4.78 is 25.3. The van der Waals surface area contributed by atoms with Crippen LogP contribution in [0.25, 0.3) is 0 Å². The summed E-state index contributed by atoms with van der Waals surface area (Å²) in [4.78, 5) is 2.08. The van der Waals surface area contributed by atoms with Gasteiger partial charge in [0.2, 0.25) is 0 Å². The standard InChI is InChI=1S/C14H16F2N2/c15-14(16)12-6-4-5-11(9-12)13(10-17)18-7-2-1-3-8-18/h4-6,9,13-14H,1-3,7-8H2. The Morgan fingerprint density at radius 2 is 1.78 bits per heavy atom. The lowest BCUT2D eigenvalue weighted by atomic mass is 10.0. The molecule has 1 saturated heterocycles. The fourth-order valence-corrected chi connectivity index (χ4v) is 2.41. The van der Waals surface area contributed by atoms with Gasteiger partial charge in [0.05, 0.1) is 6.07 Å². The Morgan fingerprint density at radius 1 is 1.11 bits per heavy atom. The lowest BCUT2D eigenvalue weighted by Crippen LogP contribution is -2.33. The number of hydrogen-bond donors (Lipinski definition) is 0. The van der Waals surface area contributed by atoms with Gasteiger partial charge in [-0.2, -0.15) is 5.26 Å². The maximum Gasteiger partial charge on any atom is 0.263 e. The van der Waals surface area contributed by atoms with Crippen LogP contribution in [-0.2, 0) is 0 Å². The van der Waals surface area contributed by atoms with Gasteiger partial charge in [-0.25, -0.2) is 8.78 Å². The highest BCUT2D eigenvalue weighted by Gasteiger charge is 2.22. The smallest absolute Gasteiger partial charge is 0.263 e. The molecule has 2 rings (SSSR count). The average Bonchev–Trinajstić information content (AvgIpc) is 2.41. The van der Waals surface area contributed by atoms with E-state index in [1.807, 2.05) is 0 Å². The monoisotopic (exact) mass is 250 g/mol. The summed E-state index contributed by atoms with van der Waals surface area (Å²) in [5.41, 5.74) is 0.668. The SMILES string of the molecule is N#CC(c1cccc(C(F)F)c1)N1CCCCC1. The Hall–Kier alpha value is -1.47. The second kappa shape index (κ2) is 5.92. The first kappa shape index (κ1) is 13.0. The van der Waals surface area contributed by atoms with E-state index < -0.39 is 12.5 Å². The highest BCUT2D eigenvalue weighted by atomic mass is 19.3. The molecule has 0 saturated carbocycles. The van der Waals surface area contributed by atoms with Crippen LogP contribution in [0.3, 0.4) is 0 Å². The predicted octanol–water partition coefficient (Wildman–Crippen LogP) is 3.67. The number of piperidine rings is 1. The molecule has 0 radical (unpaired) electrons. The summed E-state index contributed by atoms with van der Waals surface area (Å²) in [6.07, 6.45) is 0.858. The summed E-state index contributed by atoms with van der Waals surface area (Å²) >= 11 is 0. The molecule has 1 fully saturated rings. The third kappa shape index (κ3) is 2.85. The highest BCUT2D eigenvalue weighted by molar-refractivity contribution is 5.30. The quantitative estimate of drug-likeness (QED) is 0.818. The molecule has 1 aromatic rings. The zero-order valence-electron chi connectivity index (χ0n) is 10.1. The van der Waals surface area contributed by atoms with E-state index in [1.54, 1.807) is 12.1 Å². The van der Waals surface area contributed by atoms with Crippen molar-refractivity contribution in [3.63, 3.8) is 0 Å². The number of benzene rings is 1. The first-order chi connectivity index (χ1) is 8.72. The highest BCUT2D eigenvalue weighted by Crippen LogP contribution is 2.27. The normalized spacial score (nSPS) is 18.6. The number of hydrogen-bond acceptors (Lipinski definition) is 2. The Labute approximate surface area is 106 Å². The van der Waals surface area contributed by atoms with E-state index in [0.29, 0.717) is 5.56 Å². The molecule has 1 atom stereocenters. The first-order valence-corrected chi connectivity index (χ1v) is 6.24. The fraction of sp³-hybridized carbons (Fsp3) is 0.500. The van der Waals surface area contributed by atoms with E-state index in [1.165, 1.54) is 18.6 Å². The topological polar surface area (TPSA) is 27.0 Å². The van der Waals surface area contributed by atoms with E-state index in [9.17, 15) is 14.0 Å². The first-order valence-electron chi connectivity index (χ1n) is 6.24. The fourth-order valence-electron chi connectivity index (χ4n) is 2.41. The van der Waals surface area contributed by atoms with Gasteiger partial charge in [0.15, 0.2) is 0 Å². The molecule has 0 aliphatic carbocycles. The van der Waals surface area contributed by atoms with Crippen molar-refractivity contribution in [3.05, 3.63) is 35.4 Å². The van der Waals surface area contributed by atoms with Gasteiger partial charge in [0.25, 0.3) is 6.43 Å². The molecule has 1 heterocycles. The molecule has 4 heteroatoms. The molecular formula is C14H16F2N2. The maximum atomic E-state index is 12.7. The predicted molar refractivity (Wildman–Crippen MR) is 65.2 cm³/mol. The lowest BCUT2D eigenvalue weighted by molar-refractivity contribution is 0.150. The molecule has 1 aliphatic heterocycles. The Kier molecular flexibility index (Phi) is 4.27.